The molecule has 1 aliphatic carbocycles. The lowest BCUT2D eigenvalue weighted by Crippen LogP contribution is -2.27. The number of H-pyrrole nitrogens is 1. The highest BCUT2D eigenvalue weighted by Crippen LogP contribution is 2.41. The van der Waals surface area contributed by atoms with Gasteiger partial charge in [-0.05, 0) is 66.6 Å². The largest absolute Gasteiger partial charge is 0.349 e. The first-order valence-corrected chi connectivity index (χ1v) is 12.8. The van der Waals surface area contributed by atoms with Crippen molar-refractivity contribution in [2.75, 3.05) is 0 Å². The van der Waals surface area contributed by atoms with E-state index in [0.29, 0.717) is 11.5 Å². The van der Waals surface area contributed by atoms with E-state index in [4.69, 9.17) is 0 Å². The molecule has 1 saturated carbocycles. The van der Waals surface area contributed by atoms with Crippen LogP contribution in [0.1, 0.15) is 39.6 Å². The van der Waals surface area contributed by atoms with Gasteiger partial charge in [0.1, 0.15) is 0 Å². The summed E-state index contributed by atoms with van der Waals surface area (Å²) in [7, 11) is 0. The maximum Gasteiger partial charge on any atom is 0.252 e. The summed E-state index contributed by atoms with van der Waals surface area (Å²) < 4.78 is 0. The van der Waals surface area contributed by atoms with Crippen molar-refractivity contribution in [3.05, 3.63) is 120 Å². The van der Waals surface area contributed by atoms with Crippen LogP contribution in [0.4, 0.5) is 0 Å². The molecule has 2 N–H and O–H groups in total. The van der Waals surface area contributed by atoms with Crippen molar-refractivity contribution < 1.29 is 4.79 Å². The fraction of sp³-hybridized carbons (Fsp3) is 0.100. The van der Waals surface area contributed by atoms with E-state index in [1.54, 1.807) is 18.0 Å². The molecule has 1 fully saturated rings. The van der Waals surface area contributed by atoms with Crippen LogP contribution in [0.25, 0.3) is 23.1 Å². The zero-order valence-electron chi connectivity index (χ0n) is 19.5. The molecule has 2 heterocycles. The van der Waals surface area contributed by atoms with Gasteiger partial charge in [0.2, 0.25) is 0 Å². The van der Waals surface area contributed by atoms with Crippen LogP contribution in [0.5, 0.6) is 0 Å². The fourth-order valence-corrected chi connectivity index (χ4v) is 5.37. The Kier molecular flexibility index (Phi) is 6.10. The van der Waals surface area contributed by atoms with Gasteiger partial charge in [-0.3, -0.25) is 14.9 Å². The van der Waals surface area contributed by atoms with E-state index in [0.717, 1.165) is 38.5 Å². The highest BCUT2D eigenvalue weighted by atomic mass is 32.2. The summed E-state index contributed by atoms with van der Waals surface area (Å²) in [6, 6.07) is 30.4. The van der Waals surface area contributed by atoms with E-state index in [-0.39, 0.29) is 11.9 Å². The average molecular weight is 489 g/mol. The van der Waals surface area contributed by atoms with E-state index >= 15 is 0 Å². The number of nitrogens with zero attached hydrogens (tertiary/aromatic N) is 2. The number of carbonyl (C=O) groups excluding carboxylic acids is 1. The molecule has 2 aromatic heterocycles. The molecule has 1 amide bonds. The topological polar surface area (TPSA) is 70.7 Å². The molecule has 2 atom stereocenters. The Hall–Kier alpha value is -4.16. The SMILES string of the molecule is O=C(NC1CC1c1ccccc1)c1ccccc1Sc1ccc2c(/C=C/c3ccccn3)n[nH]c2c1. The molecular weight excluding hydrogens is 464 g/mol. The molecule has 6 heteroatoms. The van der Waals surface area contributed by atoms with Gasteiger partial charge in [0.05, 0.1) is 22.5 Å². The summed E-state index contributed by atoms with van der Waals surface area (Å²) in [6.07, 6.45) is 6.68. The number of aromatic amines is 1. The fourth-order valence-electron chi connectivity index (χ4n) is 4.39. The zero-order chi connectivity index (χ0) is 24.3. The van der Waals surface area contributed by atoms with E-state index in [1.807, 2.05) is 60.7 Å². The Morgan fingerprint density at radius 1 is 0.944 bits per heavy atom. The third kappa shape index (κ3) is 4.81. The normalized spacial score (nSPS) is 16.9. The number of hydrogen-bond donors (Lipinski definition) is 2. The molecule has 36 heavy (non-hydrogen) atoms. The van der Waals surface area contributed by atoms with Crippen LogP contribution in [-0.4, -0.2) is 27.1 Å². The zero-order valence-corrected chi connectivity index (χ0v) is 20.3. The smallest absolute Gasteiger partial charge is 0.252 e. The van der Waals surface area contributed by atoms with E-state index in [2.05, 4.69) is 63.0 Å². The first kappa shape index (κ1) is 22.3. The van der Waals surface area contributed by atoms with Crippen LogP contribution in [-0.2, 0) is 0 Å². The lowest BCUT2D eigenvalue weighted by molar-refractivity contribution is 0.0947. The Morgan fingerprint density at radius 2 is 1.78 bits per heavy atom. The summed E-state index contributed by atoms with van der Waals surface area (Å²) in [5, 5.41) is 11.9. The second-order valence-corrected chi connectivity index (χ2v) is 9.95. The van der Waals surface area contributed by atoms with E-state index in [1.165, 1.54) is 5.56 Å². The average Bonchev–Trinajstić information content (AvgIpc) is 3.58. The Balaban J connectivity index is 1.17. The number of hydrogen-bond acceptors (Lipinski definition) is 4. The summed E-state index contributed by atoms with van der Waals surface area (Å²) in [5.41, 5.74) is 4.69. The third-order valence-corrected chi connectivity index (χ3v) is 7.42. The Labute approximate surface area is 213 Å². The van der Waals surface area contributed by atoms with Gasteiger partial charge < -0.3 is 5.32 Å². The molecule has 6 rings (SSSR count). The van der Waals surface area contributed by atoms with Crippen molar-refractivity contribution in [2.24, 2.45) is 0 Å². The minimum atomic E-state index is -0.0221. The summed E-state index contributed by atoms with van der Waals surface area (Å²) in [6.45, 7) is 0. The maximum atomic E-state index is 13.1. The standard InChI is InChI=1S/C30H24N4OS/c35-30(32-27-19-25(27)20-8-2-1-3-9-20)24-11-4-5-12-29(24)36-22-14-15-23-26(33-34-28(23)18-22)16-13-21-10-6-7-17-31-21/h1-18,25,27H,19H2,(H,32,35)(H,33,34)/b16-13+. The first-order chi connectivity index (χ1) is 17.7. The molecule has 0 aliphatic heterocycles. The lowest BCUT2D eigenvalue weighted by atomic mass is 10.1. The van der Waals surface area contributed by atoms with Crippen molar-refractivity contribution in [3.63, 3.8) is 0 Å². The van der Waals surface area contributed by atoms with Gasteiger partial charge in [-0.25, -0.2) is 0 Å². The van der Waals surface area contributed by atoms with Crippen LogP contribution >= 0.6 is 11.8 Å². The number of nitrogens with one attached hydrogen (secondary N) is 2. The number of benzene rings is 3. The second-order valence-electron chi connectivity index (χ2n) is 8.84. The van der Waals surface area contributed by atoms with E-state index < -0.39 is 0 Å². The number of rotatable bonds is 7. The summed E-state index contributed by atoms with van der Waals surface area (Å²) in [5.74, 6) is 0.379. The Morgan fingerprint density at radius 3 is 2.64 bits per heavy atom. The van der Waals surface area contributed by atoms with Crippen molar-refractivity contribution in [1.82, 2.24) is 20.5 Å². The van der Waals surface area contributed by atoms with Crippen LogP contribution in [0.3, 0.4) is 0 Å². The molecule has 0 spiro atoms. The molecule has 1 aliphatic rings. The van der Waals surface area contributed by atoms with Crippen molar-refractivity contribution >= 4 is 40.7 Å². The van der Waals surface area contributed by atoms with Gasteiger partial charge in [-0.2, -0.15) is 5.10 Å². The third-order valence-electron chi connectivity index (χ3n) is 6.36. The molecule has 0 radical (unpaired) electrons. The second kappa shape index (κ2) is 9.84. The molecule has 0 saturated heterocycles. The van der Waals surface area contributed by atoms with Crippen molar-refractivity contribution in [3.8, 4) is 0 Å². The predicted octanol–water partition coefficient (Wildman–Crippen LogP) is 6.57. The summed E-state index contributed by atoms with van der Waals surface area (Å²) >= 11 is 1.58. The number of fused-ring (bicyclic) bond motifs is 1. The monoisotopic (exact) mass is 488 g/mol. The van der Waals surface area contributed by atoms with Gasteiger partial charge in [0, 0.05) is 33.3 Å². The maximum absolute atomic E-state index is 13.1. The molecule has 3 aromatic carbocycles. The van der Waals surface area contributed by atoms with Crippen LogP contribution < -0.4 is 5.32 Å². The van der Waals surface area contributed by atoms with Gasteiger partial charge >= 0.3 is 0 Å². The van der Waals surface area contributed by atoms with Crippen molar-refractivity contribution in [1.29, 1.82) is 0 Å². The first-order valence-electron chi connectivity index (χ1n) is 11.9. The van der Waals surface area contributed by atoms with Gasteiger partial charge in [-0.15, -0.1) is 0 Å². The number of pyridine rings is 1. The molecule has 176 valence electrons. The Bertz CT molecular complexity index is 1550. The lowest BCUT2D eigenvalue weighted by Gasteiger charge is -2.10. The molecule has 0 bridgehead atoms. The minimum Gasteiger partial charge on any atom is -0.349 e. The van der Waals surface area contributed by atoms with Gasteiger partial charge in [0.15, 0.2) is 0 Å². The molecule has 5 nitrogen and oxygen atoms in total. The number of amides is 1. The van der Waals surface area contributed by atoms with Crippen LogP contribution in [0.2, 0.25) is 0 Å². The van der Waals surface area contributed by atoms with Crippen LogP contribution in [0.15, 0.2) is 107 Å². The van der Waals surface area contributed by atoms with Gasteiger partial charge in [0.25, 0.3) is 5.91 Å². The number of aromatic nitrogens is 3. The minimum absolute atomic E-state index is 0.0221. The molecular formula is C30H24N4OS. The number of carbonyl (C=O) groups is 1. The van der Waals surface area contributed by atoms with E-state index in [9.17, 15) is 4.79 Å². The van der Waals surface area contributed by atoms with Gasteiger partial charge in [-0.1, -0.05) is 60.3 Å². The highest BCUT2D eigenvalue weighted by Gasteiger charge is 2.39. The molecule has 2 unspecified atom stereocenters. The summed E-state index contributed by atoms with van der Waals surface area (Å²) in [4.78, 5) is 19.4. The highest BCUT2D eigenvalue weighted by molar-refractivity contribution is 7.99. The quantitative estimate of drug-likeness (QED) is 0.272. The van der Waals surface area contributed by atoms with Crippen molar-refractivity contribution in [2.45, 2.75) is 28.2 Å². The molecule has 5 aromatic rings. The van der Waals surface area contributed by atoms with Crippen LogP contribution in [0, 0.1) is 0 Å². The predicted molar refractivity (Wildman–Crippen MR) is 145 cm³/mol.